The molecule has 2 N–H and O–H groups in total. The van der Waals surface area contributed by atoms with Gasteiger partial charge in [0.1, 0.15) is 6.10 Å². The summed E-state index contributed by atoms with van der Waals surface area (Å²) in [4.78, 5) is 25.7. The molecule has 5 fully saturated rings. The van der Waals surface area contributed by atoms with Crippen molar-refractivity contribution in [1.29, 1.82) is 0 Å². The molecule has 1 atom stereocenters. The number of hydrogen-bond donors (Lipinski definition) is 2. The maximum absolute atomic E-state index is 12.8. The summed E-state index contributed by atoms with van der Waals surface area (Å²) in [6.07, 6.45) is 2.61. The summed E-state index contributed by atoms with van der Waals surface area (Å²) in [5, 5.41) is 14.2. The first kappa shape index (κ1) is 24.5. The van der Waals surface area contributed by atoms with Crippen LogP contribution < -0.4 is 15.7 Å². The van der Waals surface area contributed by atoms with E-state index in [9.17, 15) is 9.59 Å². The molecule has 4 aliphatic carbocycles. The number of hydrogen-bond acceptors (Lipinski definition) is 4. The fraction of sp³-hybridized carbons (Fsp3) is 0.517. The number of ether oxygens (including phenoxy) is 1. The van der Waals surface area contributed by atoms with E-state index in [0.29, 0.717) is 25.8 Å². The number of carbonyl (C=O) groups is 2. The van der Waals surface area contributed by atoms with Crippen molar-refractivity contribution < 1.29 is 23.9 Å². The summed E-state index contributed by atoms with van der Waals surface area (Å²) in [6.45, 7) is 7.48. The second kappa shape index (κ2) is 8.33. The number of carbonyl (C=O) groups excluding carboxylic acids is 1. The van der Waals surface area contributed by atoms with Crippen LogP contribution in [0.15, 0.2) is 60.7 Å². The lowest BCUT2D eigenvalue weighted by atomic mass is 9.43. The number of amides is 2. The molecule has 2 aromatic carbocycles. The Morgan fingerprint density at radius 2 is 1.57 bits per heavy atom. The Morgan fingerprint density at radius 1 is 1.03 bits per heavy atom. The van der Waals surface area contributed by atoms with Crippen molar-refractivity contribution in [1.82, 2.24) is 10.2 Å². The Morgan fingerprint density at radius 3 is 2.05 bits per heavy atom. The molecule has 1 saturated heterocycles. The van der Waals surface area contributed by atoms with Crippen LogP contribution in [0.5, 0.6) is 0 Å². The SMILES string of the molecule is CC(C)(C)[Si](OC1CC(C2CN(C34CC(NC(=O)O)(C3)C4)C(=O)O2)C1)(c1ccccc1)c1ccccc1. The third-order valence-corrected chi connectivity index (χ3v) is 14.3. The van der Waals surface area contributed by atoms with E-state index >= 15 is 0 Å². The van der Waals surface area contributed by atoms with Crippen molar-refractivity contribution in [2.75, 3.05) is 6.54 Å². The van der Waals surface area contributed by atoms with Gasteiger partial charge in [0.2, 0.25) is 0 Å². The van der Waals surface area contributed by atoms with Gasteiger partial charge < -0.3 is 19.6 Å². The topological polar surface area (TPSA) is 88.1 Å². The third-order valence-electron chi connectivity index (χ3n) is 9.20. The van der Waals surface area contributed by atoms with Gasteiger partial charge in [0.15, 0.2) is 0 Å². The zero-order valence-electron chi connectivity index (χ0n) is 21.8. The van der Waals surface area contributed by atoms with Gasteiger partial charge in [0, 0.05) is 12.0 Å². The number of rotatable bonds is 7. The van der Waals surface area contributed by atoms with Crippen LogP contribution in [0.1, 0.15) is 52.9 Å². The molecule has 1 heterocycles. The molecule has 1 unspecified atom stereocenters. The molecule has 2 bridgehead atoms. The average molecular weight is 521 g/mol. The van der Waals surface area contributed by atoms with E-state index in [1.807, 2.05) is 4.90 Å². The number of nitrogens with one attached hydrogen (secondary N) is 1. The molecule has 0 radical (unpaired) electrons. The monoisotopic (exact) mass is 520 g/mol. The highest BCUT2D eigenvalue weighted by atomic mass is 28.4. The van der Waals surface area contributed by atoms with Gasteiger partial charge in [-0.05, 0) is 47.5 Å². The van der Waals surface area contributed by atoms with E-state index < -0.39 is 14.4 Å². The quantitative estimate of drug-likeness (QED) is 0.537. The van der Waals surface area contributed by atoms with E-state index in [-0.39, 0.29) is 40.3 Å². The molecule has 2 aromatic rings. The molecule has 5 aliphatic rings. The van der Waals surface area contributed by atoms with Crippen molar-refractivity contribution in [3.05, 3.63) is 60.7 Å². The normalized spacial score (nSPS) is 32.6. The van der Waals surface area contributed by atoms with Crippen LogP contribution in [0.3, 0.4) is 0 Å². The lowest BCUT2D eigenvalue weighted by Gasteiger charge is -2.72. The molecule has 37 heavy (non-hydrogen) atoms. The molecule has 8 heteroatoms. The largest absolute Gasteiger partial charge is 0.465 e. The summed E-state index contributed by atoms with van der Waals surface area (Å²) >= 11 is 0. The van der Waals surface area contributed by atoms with Gasteiger partial charge in [-0.3, -0.25) is 4.90 Å². The Kier molecular flexibility index (Phi) is 5.51. The second-order valence-electron chi connectivity index (χ2n) is 12.6. The van der Waals surface area contributed by atoms with Gasteiger partial charge in [0.25, 0.3) is 8.32 Å². The molecule has 196 valence electrons. The number of nitrogens with zero attached hydrogens (tertiary/aromatic N) is 1. The molecular formula is C29H36N2O5Si. The Bertz CT molecular complexity index is 1130. The average Bonchev–Trinajstić information content (AvgIpc) is 3.15. The van der Waals surface area contributed by atoms with Crippen LogP contribution in [0.4, 0.5) is 9.59 Å². The van der Waals surface area contributed by atoms with Crippen molar-refractivity contribution in [2.24, 2.45) is 5.92 Å². The van der Waals surface area contributed by atoms with Crippen molar-refractivity contribution in [3.63, 3.8) is 0 Å². The summed E-state index contributed by atoms with van der Waals surface area (Å²) in [6, 6.07) is 21.4. The molecule has 0 aromatic heterocycles. The Labute approximate surface area is 219 Å². The highest BCUT2D eigenvalue weighted by Crippen LogP contribution is 2.64. The third kappa shape index (κ3) is 3.79. The van der Waals surface area contributed by atoms with E-state index in [1.165, 1.54) is 10.4 Å². The lowest BCUT2D eigenvalue weighted by Crippen LogP contribution is -2.83. The molecule has 2 amide bonds. The van der Waals surface area contributed by atoms with Crippen LogP contribution in [0.2, 0.25) is 5.04 Å². The molecule has 0 spiro atoms. The van der Waals surface area contributed by atoms with Crippen LogP contribution in [0.25, 0.3) is 0 Å². The zero-order chi connectivity index (χ0) is 26.1. The smallest absolute Gasteiger partial charge is 0.410 e. The van der Waals surface area contributed by atoms with Crippen LogP contribution in [0, 0.1) is 5.92 Å². The number of cyclic esters (lactones) is 1. The molecule has 4 saturated carbocycles. The van der Waals surface area contributed by atoms with Crippen molar-refractivity contribution >= 4 is 30.9 Å². The lowest BCUT2D eigenvalue weighted by molar-refractivity contribution is -0.152. The fourth-order valence-electron chi connectivity index (χ4n) is 7.44. The van der Waals surface area contributed by atoms with E-state index in [1.54, 1.807) is 0 Å². The van der Waals surface area contributed by atoms with Crippen LogP contribution in [-0.2, 0) is 9.16 Å². The number of benzene rings is 2. The molecule has 7 nitrogen and oxygen atoms in total. The molecular weight excluding hydrogens is 484 g/mol. The summed E-state index contributed by atoms with van der Waals surface area (Å²) < 4.78 is 13.1. The minimum absolute atomic E-state index is 0.0679. The Hall–Kier alpha value is -2.84. The van der Waals surface area contributed by atoms with Gasteiger partial charge in [-0.1, -0.05) is 81.4 Å². The first-order valence-electron chi connectivity index (χ1n) is 13.3. The summed E-state index contributed by atoms with van der Waals surface area (Å²) in [5.41, 5.74) is -0.557. The van der Waals surface area contributed by atoms with E-state index in [0.717, 1.165) is 12.8 Å². The van der Waals surface area contributed by atoms with Gasteiger partial charge >= 0.3 is 12.2 Å². The van der Waals surface area contributed by atoms with Gasteiger partial charge in [-0.15, -0.1) is 0 Å². The predicted molar refractivity (Wildman–Crippen MR) is 143 cm³/mol. The molecule has 7 rings (SSSR count). The second-order valence-corrected chi connectivity index (χ2v) is 16.9. The minimum atomic E-state index is -2.59. The molecule has 1 aliphatic heterocycles. The summed E-state index contributed by atoms with van der Waals surface area (Å²) in [5.74, 6) is 0.288. The maximum Gasteiger partial charge on any atom is 0.410 e. The van der Waals surface area contributed by atoms with Crippen molar-refractivity contribution in [2.45, 2.75) is 81.2 Å². The van der Waals surface area contributed by atoms with Crippen molar-refractivity contribution in [3.8, 4) is 0 Å². The highest BCUT2D eigenvalue weighted by Gasteiger charge is 2.73. The highest BCUT2D eigenvalue weighted by molar-refractivity contribution is 6.99. The zero-order valence-corrected chi connectivity index (χ0v) is 22.8. The van der Waals surface area contributed by atoms with E-state index in [4.69, 9.17) is 14.3 Å². The van der Waals surface area contributed by atoms with Gasteiger partial charge in [0.05, 0.1) is 17.6 Å². The van der Waals surface area contributed by atoms with Crippen LogP contribution >= 0.6 is 0 Å². The van der Waals surface area contributed by atoms with Gasteiger partial charge in [-0.2, -0.15) is 0 Å². The Balaban J connectivity index is 1.15. The minimum Gasteiger partial charge on any atom is -0.465 e. The van der Waals surface area contributed by atoms with Crippen LogP contribution in [-0.4, -0.2) is 60.3 Å². The fourth-order valence-corrected chi connectivity index (χ4v) is 12.2. The maximum atomic E-state index is 12.8. The first-order valence-corrected chi connectivity index (χ1v) is 15.3. The predicted octanol–water partition coefficient (Wildman–Crippen LogP) is 4.11. The number of carboxylic acid groups (broad SMARTS) is 1. The summed E-state index contributed by atoms with van der Waals surface area (Å²) in [7, 11) is -2.59. The first-order chi connectivity index (χ1) is 17.6. The van der Waals surface area contributed by atoms with Gasteiger partial charge in [-0.25, -0.2) is 9.59 Å². The van der Waals surface area contributed by atoms with E-state index in [2.05, 4.69) is 86.8 Å². The standard InChI is InChI=1S/C29H36N2O5Si/c1-27(2,3)37(22-10-6-4-7-11-22,23-12-8-5-9-13-23)36-21-14-20(15-21)24-16-31(26(34)35-24)29-17-28(18-29,19-29)30-25(32)33/h4-13,20-21,24,30H,14-19H2,1-3H3,(H,32,33).